The molecule has 0 aliphatic rings. The summed E-state index contributed by atoms with van der Waals surface area (Å²) < 4.78 is 11.1. The zero-order valence-corrected chi connectivity index (χ0v) is 20.8. The molecule has 0 saturated carbocycles. The molecule has 0 radical (unpaired) electrons. The third-order valence-corrected chi connectivity index (χ3v) is 23.3. The summed E-state index contributed by atoms with van der Waals surface area (Å²) in [5, 5.41) is 4.29. The molecule has 27 heavy (non-hydrogen) atoms. The van der Waals surface area contributed by atoms with E-state index >= 15 is 0 Å². The summed E-state index contributed by atoms with van der Waals surface area (Å²) >= 11 is -2.47. The molecule has 0 spiro atoms. The van der Waals surface area contributed by atoms with E-state index in [1.165, 1.54) is 63.2 Å². The minimum absolute atomic E-state index is 0.618. The normalized spacial score (nSPS) is 13.0. The first-order chi connectivity index (χ1) is 13.1. The van der Waals surface area contributed by atoms with E-state index in [0.29, 0.717) is 3.93 Å². The van der Waals surface area contributed by atoms with Crippen LogP contribution in [0.2, 0.25) is 13.3 Å². The Labute approximate surface area is 171 Å². The molecule has 0 N–H and O–H groups in total. The van der Waals surface area contributed by atoms with Crippen LogP contribution in [0.1, 0.15) is 80.2 Å². The van der Waals surface area contributed by atoms with Gasteiger partial charge in [0.05, 0.1) is 0 Å². The Morgan fingerprint density at radius 1 is 0.889 bits per heavy atom. The van der Waals surface area contributed by atoms with Crippen LogP contribution in [-0.4, -0.2) is 23.5 Å². The van der Waals surface area contributed by atoms with Crippen molar-refractivity contribution in [2.24, 2.45) is 0 Å². The van der Waals surface area contributed by atoms with Crippen molar-refractivity contribution in [3.63, 3.8) is 0 Å². The number of unbranched alkanes of at least 4 members (excludes halogenated alkanes) is 3. The van der Waals surface area contributed by atoms with Crippen molar-refractivity contribution in [3.05, 3.63) is 53.4 Å². The molecular formula is C24H39NOSn. The Morgan fingerprint density at radius 3 is 1.89 bits per heavy atom. The topological polar surface area (TPSA) is 26.0 Å². The van der Waals surface area contributed by atoms with Gasteiger partial charge in [-0.1, -0.05) is 0 Å². The van der Waals surface area contributed by atoms with Gasteiger partial charge in [0, 0.05) is 0 Å². The van der Waals surface area contributed by atoms with Gasteiger partial charge in [0.25, 0.3) is 0 Å². The van der Waals surface area contributed by atoms with Crippen LogP contribution in [0.4, 0.5) is 0 Å². The predicted molar refractivity (Wildman–Crippen MR) is 119 cm³/mol. The van der Waals surface area contributed by atoms with Gasteiger partial charge in [-0.3, -0.25) is 0 Å². The van der Waals surface area contributed by atoms with E-state index in [1.807, 2.05) is 0 Å². The Morgan fingerprint density at radius 2 is 1.44 bits per heavy atom. The second-order valence-corrected chi connectivity index (χ2v) is 22.3. The summed E-state index contributed by atoms with van der Waals surface area (Å²) in [4.78, 5) is 0. The Balaban J connectivity index is 2.44. The minimum atomic E-state index is -2.47. The number of aromatic nitrogens is 1. The molecule has 0 aliphatic heterocycles. The molecule has 0 aliphatic carbocycles. The first-order valence-corrected chi connectivity index (χ1v) is 18.8. The molecule has 150 valence electrons. The maximum atomic E-state index is 5.95. The average Bonchev–Trinajstić information content (AvgIpc) is 3.13. The van der Waals surface area contributed by atoms with Crippen molar-refractivity contribution < 1.29 is 4.52 Å². The van der Waals surface area contributed by atoms with E-state index in [0.717, 1.165) is 12.1 Å². The summed E-state index contributed by atoms with van der Waals surface area (Å²) in [6.45, 7) is 9.11. The second kappa shape index (κ2) is 11.9. The van der Waals surface area contributed by atoms with Crippen LogP contribution in [-0.2, 0) is 6.42 Å². The van der Waals surface area contributed by atoms with Crippen molar-refractivity contribution >= 4 is 18.4 Å². The van der Waals surface area contributed by atoms with Gasteiger partial charge in [0.15, 0.2) is 0 Å². The van der Waals surface area contributed by atoms with Gasteiger partial charge in [-0.15, -0.1) is 0 Å². The monoisotopic (exact) mass is 477 g/mol. The van der Waals surface area contributed by atoms with Gasteiger partial charge in [-0.25, -0.2) is 0 Å². The summed E-state index contributed by atoms with van der Waals surface area (Å²) in [5.74, 6) is 1.19. The molecule has 2 nitrogen and oxygen atoms in total. The Kier molecular flexibility index (Phi) is 9.95. The SMILES string of the molecule is CCC[CH2][Sn]([CH2]CCC)([CH2]CCC)[CH](Cc1ccccc1)c1cc(C)no1. The van der Waals surface area contributed by atoms with Crippen LogP contribution in [0.3, 0.4) is 0 Å². The van der Waals surface area contributed by atoms with E-state index in [-0.39, 0.29) is 0 Å². The molecular weight excluding hydrogens is 437 g/mol. The van der Waals surface area contributed by atoms with Crippen molar-refractivity contribution in [1.29, 1.82) is 0 Å². The Hall–Kier alpha value is -0.771. The molecule has 3 heteroatoms. The second-order valence-electron chi connectivity index (χ2n) is 8.29. The third kappa shape index (κ3) is 6.65. The van der Waals surface area contributed by atoms with Crippen LogP contribution >= 0.6 is 0 Å². The fourth-order valence-corrected chi connectivity index (χ4v) is 22.7. The standard InChI is InChI=1S/C12H12NO.3C4H9.Sn/c1-10-9-12(14-13-10)8-7-11-5-3-2-4-6-11;3*1-3-4-2;/h2-6,8-9H,7H2,1H3;3*1,3-4H2,2H3;. The summed E-state index contributed by atoms with van der Waals surface area (Å²) in [6.07, 6.45) is 9.24. The fourth-order valence-electron chi connectivity index (χ4n) is 4.50. The van der Waals surface area contributed by atoms with Gasteiger partial charge < -0.3 is 0 Å². The van der Waals surface area contributed by atoms with Crippen molar-refractivity contribution in [2.45, 2.75) is 89.9 Å². The molecule has 0 bridgehead atoms. The summed E-state index contributed by atoms with van der Waals surface area (Å²) in [7, 11) is 0. The van der Waals surface area contributed by atoms with Crippen molar-refractivity contribution in [1.82, 2.24) is 5.16 Å². The van der Waals surface area contributed by atoms with Crippen molar-refractivity contribution in [3.8, 4) is 0 Å². The molecule has 1 atom stereocenters. The summed E-state index contributed by atoms with van der Waals surface area (Å²) in [6, 6.07) is 13.3. The van der Waals surface area contributed by atoms with E-state index < -0.39 is 18.4 Å². The average molecular weight is 476 g/mol. The van der Waals surface area contributed by atoms with Gasteiger partial charge in [-0.05, 0) is 0 Å². The van der Waals surface area contributed by atoms with Crippen LogP contribution < -0.4 is 0 Å². The molecule has 1 unspecified atom stereocenters. The van der Waals surface area contributed by atoms with E-state index in [2.05, 4.69) is 69.2 Å². The van der Waals surface area contributed by atoms with Crippen LogP contribution in [0.15, 0.2) is 40.9 Å². The number of hydrogen-bond donors (Lipinski definition) is 0. The van der Waals surface area contributed by atoms with Crippen LogP contribution in [0.25, 0.3) is 0 Å². The molecule has 0 amide bonds. The third-order valence-electron chi connectivity index (χ3n) is 6.10. The van der Waals surface area contributed by atoms with Crippen LogP contribution in [0.5, 0.6) is 0 Å². The number of rotatable bonds is 13. The molecule has 1 aromatic carbocycles. The zero-order valence-electron chi connectivity index (χ0n) is 18.0. The van der Waals surface area contributed by atoms with E-state index in [1.54, 1.807) is 0 Å². The predicted octanol–water partition coefficient (Wildman–Crippen LogP) is 7.70. The first-order valence-electron chi connectivity index (χ1n) is 11.1. The van der Waals surface area contributed by atoms with Crippen LogP contribution in [0, 0.1) is 6.92 Å². The quantitative estimate of drug-likeness (QED) is 0.277. The number of nitrogens with zero attached hydrogens (tertiary/aromatic N) is 1. The van der Waals surface area contributed by atoms with E-state index in [4.69, 9.17) is 4.52 Å². The maximum absolute atomic E-state index is 5.95. The molecule has 1 heterocycles. The van der Waals surface area contributed by atoms with Crippen molar-refractivity contribution in [2.75, 3.05) is 0 Å². The fraction of sp³-hybridized carbons (Fsp3) is 0.625. The van der Waals surface area contributed by atoms with Gasteiger partial charge in [-0.2, -0.15) is 0 Å². The van der Waals surface area contributed by atoms with Gasteiger partial charge in [0.2, 0.25) is 0 Å². The summed E-state index contributed by atoms with van der Waals surface area (Å²) in [5.41, 5.74) is 2.49. The molecule has 2 rings (SSSR count). The number of benzene rings is 1. The first kappa shape index (κ1) is 22.5. The molecule has 2 aromatic rings. The van der Waals surface area contributed by atoms with Gasteiger partial charge >= 0.3 is 171 Å². The molecule has 0 saturated heterocycles. The molecule has 1 aromatic heterocycles. The zero-order chi connectivity index (χ0) is 19.5. The Bertz CT molecular complexity index is 615. The molecule has 0 fully saturated rings. The number of hydrogen-bond acceptors (Lipinski definition) is 2. The number of aryl methyl sites for hydroxylation is 1. The van der Waals surface area contributed by atoms with E-state index in [9.17, 15) is 0 Å². The van der Waals surface area contributed by atoms with Gasteiger partial charge in [0.1, 0.15) is 0 Å².